The zero-order valence-corrected chi connectivity index (χ0v) is 22.0. The van der Waals surface area contributed by atoms with Gasteiger partial charge in [0, 0.05) is 19.3 Å². The normalized spacial score (nSPS) is 17.2. The summed E-state index contributed by atoms with van der Waals surface area (Å²) in [5, 5.41) is 3.91. The lowest BCUT2D eigenvalue weighted by Gasteiger charge is -2.42. The third kappa shape index (κ3) is 5.08. The van der Waals surface area contributed by atoms with Crippen molar-refractivity contribution in [3.8, 4) is 0 Å². The Hall–Kier alpha value is -4.83. The molecule has 11 nitrogen and oxygen atoms in total. The van der Waals surface area contributed by atoms with Crippen LogP contribution < -0.4 is 9.80 Å². The number of pyridine rings is 2. The first kappa shape index (κ1) is 28.3. The highest BCUT2D eigenvalue weighted by molar-refractivity contribution is 6.23. The standard InChI is InChI=1S/C26H21F6N9O2/c27-16-7-15(8-33-9-16)13-39-24(43)41(17-1-2-19(35-10-17)26(30,31)32)23(42)25(39)3-5-38(6-4-25)21-12-34-18-11-36-40(14-20(28)29)22(18)37-21/h1-2,7-12,20H,3-6,13-14H2. The Morgan fingerprint density at radius 3 is 2.40 bits per heavy atom. The summed E-state index contributed by atoms with van der Waals surface area (Å²) in [6.45, 7) is -0.503. The van der Waals surface area contributed by atoms with E-state index in [4.69, 9.17) is 0 Å². The Morgan fingerprint density at radius 2 is 1.74 bits per heavy atom. The van der Waals surface area contributed by atoms with Gasteiger partial charge < -0.3 is 9.80 Å². The molecule has 43 heavy (non-hydrogen) atoms. The number of carbonyl (C=O) groups is 2. The first-order valence-electron chi connectivity index (χ1n) is 13.0. The van der Waals surface area contributed by atoms with Crippen molar-refractivity contribution in [1.29, 1.82) is 0 Å². The predicted octanol–water partition coefficient (Wildman–Crippen LogP) is 4.05. The molecule has 2 saturated heterocycles. The van der Waals surface area contributed by atoms with Crippen molar-refractivity contribution in [2.45, 2.75) is 44.1 Å². The van der Waals surface area contributed by atoms with Gasteiger partial charge >= 0.3 is 12.2 Å². The van der Waals surface area contributed by atoms with Crippen LogP contribution in [0.15, 0.2) is 49.2 Å². The fourth-order valence-electron chi connectivity index (χ4n) is 5.42. The van der Waals surface area contributed by atoms with Crippen molar-refractivity contribution in [1.82, 2.24) is 34.6 Å². The number of hydrogen-bond acceptors (Lipinski definition) is 8. The van der Waals surface area contributed by atoms with Crippen molar-refractivity contribution in [2.24, 2.45) is 0 Å². The van der Waals surface area contributed by atoms with E-state index in [1.165, 1.54) is 29.6 Å². The largest absolute Gasteiger partial charge is 0.433 e. The van der Waals surface area contributed by atoms with Crippen molar-refractivity contribution in [2.75, 3.05) is 22.9 Å². The molecule has 2 aliphatic heterocycles. The zero-order valence-electron chi connectivity index (χ0n) is 22.0. The number of piperidine rings is 1. The number of rotatable bonds is 6. The second-order valence-electron chi connectivity index (χ2n) is 10.1. The van der Waals surface area contributed by atoms with Crippen LogP contribution >= 0.6 is 0 Å². The molecule has 2 fully saturated rings. The summed E-state index contributed by atoms with van der Waals surface area (Å²) < 4.78 is 80.2. The number of urea groups is 1. The van der Waals surface area contributed by atoms with Gasteiger partial charge in [0.25, 0.3) is 12.3 Å². The number of hydrogen-bond donors (Lipinski definition) is 0. The Balaban J connectivity index is 1.31. The second-order valence-corrected chi connectivity index (χ2v) is 10.1. The van der Waals surface area contributed by atoms with Crippen LogP contribution in [0.4, 0.5) is 42.6 Å². The van der Waals surface area contributed by atoms with Crippen LogP contribution in [0.25, 0.3) is 11.2 Å². The summed E-state index contributed by atoms with van der Waals surface area (Å²) in [7, 11) is 0. The van der Waals surface area contributed by atoms with Crippen LogP contribution in [0, 0.1) is 5.82 Å². The summed E-state index contributed by atoms with van der Waals surface area (Å²) >= 11 is 0. The van der Waals surface area contributed by atoms with Crippen molar-refractivity contribution in [3.63, 3.8) is 0 Å². The van der Waals surface area contributed by atoms with Gasteiger partial charge in [-0.2, -0.15) is 18.3 Å². The molecule has 0 aromatic carbocycles. The molecule has 4 aromatic heterocycles. The molecule has 6 rings (SSSR count). The number of aromatic nitrogens is 6. The van der Waals surface area contributed by atoms with Crippen molar-refractivity contribution in [3.05, 3.63) is 66.3 Å². The van der Waals surface area contributed by atoms with E-state index in [0.717, 1.165) is 28.0 Å². The van der Waals surface area contributed by atoms with E-state index < -0.39 is 48.1 Å². The lowest BCUT2D eigenvalue weighted by atomic mass is 9.85. The van der Waals surface area contributed by atoms with Gasteiger partial charge in [-0.1, -0.05) is 0 Å². The molecule has 0 unspecified atom stereocenters. The topological polar surface area (TPSA) is 113 Å². The highest BCUT2D eigenvalue weighted by Crippen LogP contribution is 2.41. The molecule has 6 heterocycles. The van der Waals surface area contributed by atoms with Crippen LogP contribution in [0.1, 0.15) is 24.1 Å². The lowest BCUT2D eigenvalue weighted by molar-refractivity contribution is -0.141. The number of nitrogens with zero attached hydrogens (tertiary/aromatic N) is 9. The molecule has 224 valence electrons. The average Bonchev–Trinajstić information content (AvgIpc) is 3.44. The minimum Gasteiger partial charge on any atom is -0.355 e. The summed E-state index contributed by atoms with van der Waals surface area (Å²) in [5.74, 6) is -0.970. The van der Waals surface area contributed by atoms with Gasteiger partial charge in [-0.05, 0) is 36.6 Å². The van der Waals surface area contributed by atoms with E-state index >= 15 is 0 Å². The van der Waals surface area contributed by atoms with Crippen LogP contribution in [0.5, 0.6) is 0 Å². The summed E-state index contributed by atoms with van der Waals surface area (Å²) in [5.41, 5.74) is -1.98. The molecule has 1 spiro atoms. The van der Waals surface area contributed by atoms with Crippen LogP contribution in [0.2, 0.25) is 0 Å². The maximum atomic E-state index is 14.0. The highest BCUT2D eigenvalue weighted by Gasteiger charge is 2.58. The molecular weight excluding hydrogens is 584 g/mol. The zero-order chi connectivity index (χ0) is 30.5. The third-order valence-electron chi connectivity index (χ3n) is 7.50. The van der Waals surface area contributed by atoms with E-state index in [0.29, 0.717) is 23.0 Å². The Kier molecular flexibility index (Phi) is 6.89. The first-order chi connectivity index (χ1) is 20.5. The fraction of sp³-hybridized carbons (Fsp3) is 0.346. The Bertz CT molecular complexity index is 1690. The molecule has 0 saturated carbocycles. The number of halogens is 6. The number of carbonyl (C=O) groups excluding carboxylic acids is 2. The van der Waals surface area contributed by atoms with Gasteiger partial charge in [-0.15, -0.1) is 0 Å². The summed E-state index contributed by atoms with van der Waals surface area (Å²) in [6, 6.07) is 2.04. The highest BCUT2D eigenvalue weighted by atomic mass is 19.4. The van der Waals surface area contributed by atoms with Crippen molar-refractivity contribution >= 4 is 34.6 Å². The summed E-state index contributed by atoms with van der Waals surface area (Å²) in [4.78, 5) is 47.4. The molecule has 17 heteroatoms. The van der Waals surface area contributed by atoms with Gasteiger partial charge in [-0.25, -0.2) is 42.5 Å². The minimum absolute atomic E-state index is 0.0703. The van der Waals surface area contributed by atoms with Crippen LogP contribution in [-0.4, -0.2) is 71.6 Å². The fourth-order valence-corrected chi connectivity index (χ4v) is 5.42. The minimum atomic E-state index is -4.72. The number of alkyl halides is 5. The average molecular weight is 606 g/mol. The van der Waals surface area contributed by atoms with Gasteiger partial charge in [0.15, 0.2) is 5.65 Å². The van der Waals surface area contributed by atoms with Gasteiger partial charge in [-0.3, -0.25) is 9.78 Å². The molecular formula is C26H21F6N9O2. The predicted molar refractivity (Wildman–Crippen MR) is 137 cm³/mol. The monoisotopic (exact) mass is 605 g/mol. The van der Waals surface area contributed by atoms with Gasteiger partial charge in [0.05, 0.1) is 37.0 Å². The van der Waals surface area contributed by atoms with E-state index in [9.17, 15) is 35.9 Å². The molecule has 0 aliphatic carbocycles. The smallest absolute Gasteiger partial charge is 0.355 e. The van der Waals surface area contributed by atoms with Gasteiger partial charge in [0.1, 0.15) is 34.9 Å². The lowest BCUT2D eigenvalue weighted by Crippen LogP contribution is -2.56. The van der Waals surface area contributed by atoms with Crippen molar-refractivity contribution < 1.29 is 35.9 Å². The van der Waals surface area contributed by atoms with Gasteiger partial charge in [0.2, 0.25) is 0 Å². The molecule has 0 atom stereocenters. The summed E-state index contributed by atoms with van der Waals surface area (Å²) in [6.07, 6.45) is -1.32. The molecule has 3 amide bonds. The number of imide groups is 1. The molecule has 4 aromatic rings. The number of fused-ring (bicyclic) bond motifs is 1. The van der Waals surface area contributed by atoms with E-state index in [1.54, 1.807) is 4.90 Å². The Labute approximate surface area is 238 Å². The van der Waals surface area contributed by atoms with E-state index in [2.05, 4.69) is 25.0 Å². The maximum absolute atomic E-state index is 14.0. The third-order valence-corrected chi connectivity index (χ3v) is 7.50. The molecule has 2 aliphatic rings. The quantitative estimate of drug-likeness (QED) is 0.239. The number of amides is 3. The van der Waals surface area contributed by atoms with E-state index in [1.807, 2.05) is 0 Å². The molecule has 0 radical (unpaired) electrons. The van der Waals surface area contributed by atoms with E-state index in [-0.39, 0.29) is 43.8 Å². The van der Waals surface area contributed by atoms with Crippen LogP contribution in [-0.2, 0) is 24.1 Å². The molecule has 0 bridgehead atoms. The van der Waals surface area contributed by atoms with Crippen LogP contribution in [0.3, 0.4) is 0 Å². The second kappa shape index (κ2) is 10.5. The molecule has 0 N–H and O–H groups in total. The SMILES string of the molecule is O=C1N(c2ccc(C(F)(F)F)nc2)C(=O)C2(CCN(c3cnc4cnn(CC(F)F)c4n3)CC2)N1Cc1cncc(F)c1. The first-order valence-corrected chi connectivity index (χ1v) is 13.0. The maximum Gasteiger partial charge on any atom is 0.433 e. The Morgan fingerprint density at radius 1 is 0.977 bits per heavy atom. The number of anilines is 2.